The number of aryl methyl sites for hydroxylation is 1. The number of esters is 1. The van der Waals surface area contributed by atoms with Crippen molar-refractivity contribution >= 4 is 28.6 Å². The van der Waals surface area contributed by atoms with Crippen LogP contribution in [0.1, 0.15) is 35.2 Å². The van der Waals surface area contributed by atoms with E-state index >= 15 is 0 Å². The van der Waals surface area contributed by atoms with Crippen molar-refractivity contribution < 1.29 is 19.0 Å². The molecule has 3 aromatic rings. The molecule has 0 N–H and O–H groups in total. The van der Waals surface area contributed by atoms with Gasteiger partial charge in [0, 0.05) is 12.4 Å². The van der Waals surface area contributed by atoms with Crippen LogP contribution in [0.15, 0.2) is 52.4 Å². The Labute approximate surface area is 197 Å². The van der Waals surface area contributed by atoms with E-state index in [-0.39, 0.29) is 11.7 Å². The van der Waals surface area contributed by atoms with Crippen molar-refractivity contribution in [3.05, 3.63) is 63.9 Å². The monoisotopic (exact) mass is 468 g/mol. The number of aromatic nitrogens is 2. The van der Waals surface area contributed by atoms with E-state index in [1.807, 2.05) is 31.2 Å². The lowest BCUT2D eigenvalue weighted by molar-refractivity contribution is 0.0601. The van der Waals surface area contributed by atoms with Gasteiger partial charge in [-0.15, -0.1) is 0 Å². The average Bonchev–Trinajstić information content (AvgIpc) is 3.33. The Bertz CT molecular complexity index is 1190. The molecule has 0 saturated carbocycles. The molecule has 1 fully saturated rings. The van der Waals surface area contributed by atoms with E-state index < -0.39 is 5.97 Å². The Balaban J connectivity index is 1.52. The Hall–Kier alpha value is -2.84. The van der Waals surface area contributed by atoms with Gasteiger partial charge in [0.05, 0.1) is 42.8 Å². The van der Waals surface area contributed by atoms with Crippen LogP contribution in [0.2, 0.25) is 0 Å². The van der Waals surface area contributed by atoms with Gasteiger partial charge in [0.1, 0.15) is 5.75 Å². The molecule has 174 valence electrons. The van der Waals surface area contributed by atoms with Crippen LogP contribution in [0.5, 0.6) is 5.75 Å². The molecule has 0 bridgehead atoms. The second kappa shape index (κ2) is 10.9. The second-order valence-corrected chi connectivity index (χ2v) is 9.10. The maximum atomic E-state index is 13.3. The number of carbonyl (C=O) groups excluding carboxylic acids is 1. The van der Waals surface area contributed by atoms with E-state index in [0.717, 1.165) is 42.9 Å². The van der Waals surface area contributed by atoms with Crippen LogP contribution in [-0.4, -0.2) is 47.7 Å². The van der Waals surface area contributed by atoms with E-state index in [1.54, 1.807) is 22.8 Å². The lowest BCUT2D eigenvalue weighted by atomic mass is 10.1. The third kappa shape index (κ3) is 5.75. The molecule has 33 heavy (non-hydrogen) atoms. The second-order valence-electron chi connectivity index (χ2n) is 8.04. The topological polar surface area (TPSA) is 79.7 Å². The van der Waals surface area contributed by atoms with E-state index in [1.165, 1.54) is 18.9 Å². The number of methoxy groups -OCH3 is 1. The number of ether oxygens (including phenoxy) is 3. The van der Waals surface area contributed by atoms with Crippen molar-refractivity contribution in [2.24, 2.45) is 0 Å². The molecule has 0 amide bonds. The van der Waals surface area contributed by atoms with E-state index in [2.05, 4.69) is 0 Å². The normalized spacial score (nSPS) is 15.6. The first-order valence-corrected chi connectivity index (χ1v) is 12.1. The van der Waals surface area contributed by atoms with Gasteiger partial charge in [-0.1, -0.05) is 23.9 Å². The van der Waals surface area contributed by atoms with Gasteiger partial charge in [0.15, 0.2) is 5.16 Å². The molecule has 8 heteroatoms. The van der Waals surface area contributed by atoms with Gasteiger partial charge < -0.3 is 14.2 Å². The molecule has 0 spiro atoms. The van der Waals surface area contributed by atoms with E-state index in [4.69, 9.17) is 19.2 Å². The molecule has 1 saturated heterocycles. The summed E-state index contributed by atoms with van der Waals surface area (Å²) in [7, 11) is 1.33. The van der Waals surface area contributed by atoms with E-state index in [9.17, 15) is 9.59 Å². The Morgan fingerprint density at radius 3 is 2.91 bits per heavy atom. The quantitative estimate of drug-likeness (QED) is 0.201. The Kier molecular flexibility index (Phi) is 7.67. The predicted octanol–water partition coefficient (Wildman–Crippen LogP) is 4.23. The van der Waals surface area contributed by atoms with Crippen molar-refractivity contribution in [2.45, 2.75) is 44.0 Å². The summed E-state index contributed by atoms with van der Waals surface area (Å²) >= 11 is 1.52. The number of hydrogen-bond acceptors (Lipinski definition) is 7. The van der Waals surface area contributed by atoms with Crippen molar-refractivity contribution in [1.29, 1.82) is 0 Å². The predicted molar refractivity (Wildman–Crippen MR) is 128 cm³/mol. The molecule has 0 unspecified atom stereocenters. The molecule has 2 aromatic carbocycles. The van der Waals surface area contributed by atoms with Crippen LogP contribution in [0.4, 0.5) is 0 Å². The number of hydrogen-bond donors (Lipinski definition) is 0. The summed E-state index contributed by atoms with van der Waals surface area (Å²) < 4.78 is 18.1. The van der Waals surface area contributed by atoms with Crippen LogP contribution in [0.3, 0.4) is 0 Å². The van der Waals surface area contributed by atoms with Gasteiger partial charge in [0.25, 0.3) is 5.56 Å². The van der Waals surface area contributed by atoms with Gasteiger partial charge in [-0.25, -0.2) is 9.78 Å². The SMILES string of the molecule is COC(=O)c1ccc2c(=O)n(C[C@H]3CCCO3)c(SCCCOc3cccc(C)c3)nc2c1. The zero-order valence-corrected chi connectivity index (χ0v) is 19.7. The molecule has 7 nitrogen and oxygen atoms in total. The number of benzene rings is 2. The first-order chi connectivity index (χ1) is 16.0. The first-order valence-electron chi connectivity index (χ1n) is 11.1. The van der Waals surface area contributed by atoms with E-state index in [0.29, 0.717) is 34.8 Å². The molecule has 1 aliphatic heterocycles. The minimum absolute atomic E-state index is 0.0142. The summed E-state index contributed by atoms with van der Waals surface area (Å²) in [6, 6.07) is 12.8. The molecule has 0 aliphatic carbocycles. The standard InChI is InChI=1S/C25H28N2O5S/c1-17-6-3-7-19(14-17)31-12-5-13-33-25-26-22-15-18(24(29)30-2)9-10-21(22)23(28)27(25)16-20-8-4-11-32-20/h3,6-7,9-10,14-15,20H,4-5,8,11-13,16H2,1-2H3/t20-/m1/s1. The van der Waals surface area contributed by atoms with Crippen LogP contribution in [-0.2, 0) is 16.0 Å². The molecule has 0 radical (unpaired) electrons. The highest BCUT2D eigenvalue weighted by atomic mass is 32.2. The zero-order valence-electron chi connectivity index (χ0n) is 18.9. The first kappa shape index (κ1) is 23.3. The number of thioether (sulfide) groups is 1. The van der Waals surface area contributed by atoms with Crippen LogP contribution in [0.25, 0.3) is 10.9 Å². The van der Waals surface area contributed by atoms with Crippen molar-refractivity contribution in [2.75, 3.05) is 26.1 Å². The maximum Gasteiger partial charge on any atom is 0.337 e. The zero-order chi connectivity index (χ0) is 23.2. The van der Waals surface area contributed by atoms with Crippen molar-refractivity contribution in [3.8, 4) is 5.75 Å². The highest BCUT2D eigenvalue weighted by Gasteiger charge is 2.21. The molecule has 4 rings (SSSR count). The molecule has 1 aromatic heterocycles. The third-order valence-corrected chi connectivity index (χ3v) is 6.59. The maximum absolute atomic E-state index is 13.3. The number of carbonyl (C=O) groups is 1. The van der Waals surface area contributed by atoms with Gasteiger partial charge >= 0.3 is 5.97 Å². The summed E-state index contributed by atoms with van der Waals surface area (Å²) in [5, 5.41) is 1.10. The number of rotatable bonds is 9. The van der Waals surface area contributed by atoms with Crippen LogP contribution >= 0.6 is 11.8 Å². The largest absolute Gasteiger partial charge is 0.494 e. The minimum Gasteiger partial charge on any atom is -0.494 e. The minimum atomic E-state index is -0.454. The van der Waals surface area contributed by atoms with Gasteiger partial charge in [0.2, 0.25) is 0 Å². The van der Waals surface area contributed by atoms with Crippen molar-refractivity contribution in [1.82, 2.24) is 9.55 Å². The number of nitrogens with zero attached hydrogens (tertiary/aromatic N) is 2. The van der Waals surface area contributed by atoms with Gasteiger partial charge in [-0.2, -0.15) is 0 Å². The fraction of sp³-hybridized carbons (Fsp3) is 0.400. The summed E-state index contributed by atoms with van der Waals surface area (Å²) in [6.45, 7) is 3.81. The smallest absolute Gasteiger partial charge is 0.337 e. The molecule has 2 heterocycles. The summed E-state index contributed by atoms with van der Waals surface area (Å²) in [5.41, 5.74) is 1.90. The fourth-order valence-electron chi connectivity index (χ4n) is 3.83. The molecule has 1 atom stereocenters. The fourth-order valence-corrected chi connectivity index (χ4v) is 4.75. The molecular weight excluding hydrogens is 440 g/mol. The summed E-state index contributed by atoms with van der Waals surface area (Å²) in [4.78, 5) is 30.0. The van der Waals surface area contributed by atoms with Crippen LogP contribution in [0, 0.1) is 6.92 Å². The third-order valence-electron chi connectivity index (χ3n) is 5.53. The molecule has 1 aliphatic rings. The lowest BCUT2D eigenvalue weighted by Crippen LogP contribution is -2.29. The number of fused-ring (bicyclic) bond motifs is 1. The lowest BCUT2D eigenvalue weighted by Gasteiger charge is -2.16. The van der Waals surface area contributed by atoms with Crippen LogP contribution < -0.4 is 10.3 Å². The van der Waals surface area contributed by atoms with Crippen molar-refractivity contribution in [3.63, 3.8) is 0 Å². The van der Waals surface area contributed by atoms with Gasteiger partial charge in [-0.05, 0) is 62.1 Å². The molecular formula is C25H28N2O5S. The van der Waals surface area contributed by atoms with Gasteiger partial charge in [-0.3, -0.25) is 9.36 Å². The summed E-state index contributed by atoms with van der Waals surface area (Å²) in [6.07, 6.45) is 2.75. The highest BCUT2D eigenvalue weighted by molar-refractivity contribution is 7.99. The summed E-state index contributed by atoms with van der Waals surface area (Å²) in [5.74, 6) is 1.14. The highest BCUT2D eigenvalue weighted by Crippen LogP contribution is 2.23. The average molecular weight is 469 g/mol. The Morgan fingerprint density at radius 2 is 2.15 bits per heavy atom. The Morgan fingerprint density at radius 1 is 1.27 bits per heavy atom.